The van der Waals surface area contributed by atoms with E-state index in [9.17, 15) is 4.39 Å². The number of hydrogen-bond acceptors (Lipinski definition) is 0. The fourth-order valence-corrected chi connectivity index (χ4v) is 2.59. The first-order valence-corrected chi connectivity index (χ1v) is 6.59. The predicted octanol–water partition coefficient (Wildman–Crippen LogP) is 4.39. The Hall–Kier alpha value is -2.09. The molecule has 0 aliphatic carbocycles. The van der Waals surface area contributed by atoms with E-state index < -0.39 is 0 Å². The Bertz CT molecular complexity index is 712. The van der Waals surface area contributed by atoms with Crippen molar-refractivity contribution in [2.24, 2.45) is 0 Å². The van der Waals surface area contributed by atoms with Crippen LogP contribution in [0.25, 0.3) is 10.9 Å². The van der Waals surface area contributed by atoms with E-state index in [0.29, 0.717) is 6.54 Å². The molecule has 0 radical (unpaired) electrons. The van der Waals surface area contributed by atoms with E-state index in [1.807, 2.05) is 6.07 Å². The van der Waals surface area contributed by atoms with Crippen LogP contribution in [0.15, 0.2) is 54.7 Å². The molecule has 19 heavy (non-hydrogen) atoms. The zero-order valence-corrected chi connectivity index (χ0v) is 10.9. The number of rotatable bonds is 3. The van der Waals surface area contributed by atoms with Crippen molar-refractivity contribution < 1.29 is 4.39 Å². The molecule has 1 aromatic heterocycles. The summed E-state index contributed by atoms with van der Waals surface area (Å²) in [6.45, 7) is 2.87. The summed E-state index contributed by atoms with van der Waals surface area (Å²) >= 11 is 0. The fourth-order valence-electron chi connectivity index (χ4n) is 2.59. The van der Waals surface area contributed by atoms with Crippen LogP contribution in [0.3, 0.4) is 0 Å². The summed E-state index contributed by atoms with van der Waals surface area (Å²) in [6, 6.07) is 15.3. The minimum atomic E-state index is -0.176. The molecule has 3 aromatic rings. The van der Waals surface area contributed by atoms with Crippen LogP contribution in [0.5, 0.6) is 0 Å². The topological polar surface area (TPSA) is 4.93 Å². The number of aromatic nitrogens is 1. The third-order valence-electron chi connectivity index (χ3n) is 3.49. The Balaban J connectivity index is 2.06. The summed E-state index contributed by atoms with van der Waals surface area (Å²) in [4.78, 5) is 0. The maximum Gasteiger partial charge on any atom is 0.123 e. The van der Waals surface area contributed by atoms with Gasteiger partial charge in [-0.25, -0.2) is 4.39 Å². The molecule has 0 saturated carbocycles. The summed E-state index contributed by atoms with van der Waals surface area (Å²) in [6.07, 6.45) is 3.08. The molecule has 96 valence electrons. The number of fused-ring (bicyclic) bond motifs is 1. The van der Waals surface area contributed by atoms with E-state index in [1.54, 1.807) is 12.1 Å². The maximum absolute atomic E-state index is 13.2. The van der Waals surface area contributed by atoms with Crippen LogP contribution in [0.2, 0.25) is 0 Å². The van der Waals surface area contributed by atoms with Gasteiger partial charge in [-0.2, -0.15) is 0 Å². The summed E-state index contributed by atoms with van der Waals surface area (Å²) < 4.78 is 15.4. The van der Waals surface area contributed by atoms with E-state index in [1.165, 1.54) is 22.5 Å². The lowest BCUT2D eigenvalue weighted by molar-refractivity contribution is 0.624. The SMILES string of the molecule is CCc1cccc2ccn(Cc3cccc(F)c3)c12. The van der Waals surface area contributed by atoms with Crippen LogP contribution >= 0.6 is 0 Å². The van der Waals surface area contributed by atoms with Crippen molar-refractivity contribution in [1.82, 2.24) is 4.57 Å². The largest absolute Gasteiger partial charge is 0.343 e. The molecule has 0 unspecified atom stereocenters. The van der Waals surface area contributed by atoms with E-state index in [0.717, 1.165) is 12.0 Å². The fraction of sp³-hybridized carbons (Fsp3) is 0.176. The molecule has 1 heterocycles. The van der Waals surface area contributed by atoms with Gasteiger partial charge in [-0.05, 0) is 41.1 Å². The molecule has 0 aliphatic rings. The summed E-state index contributed by atoms with van der Waals surface area (Å²) in [5.41, 5.74) is 3.58. The van der Waals surface area contributed by atoms with Crippen molar-refractivity contribution in [2.75, 3.05) is 0 Å². The predicted molar refractivity (Wildman–Crippen MR) is 76.8 cm³/mol. The highest BCUT2D eigenvalue weighted by Crippen LogP contribution is 2.22. The van der Waals surface area contributed by atoms with Gasteiger partial charge in [-0.15, -0.1) is 0 Å². The van der Waals surface area contributed by atoms with Crippen molar-refractivity contribution in [3.8, 4) is 0 Å². The molecule has 2 aromatic carbocycles. The van der Waals surface area contributed by atoms with E-state index >= 15 is 0 Å². The highest BCUT2D eigenvalue weighted by Gasteiger charge is 2.06. The second kappa shape index (κ2) is 4.88. The second-order valence-corrected chi connectivity index (χ2v) is 4.78. The molecular formula is C17H16FN. The third kappa shape index (κ3) is 2.26. The average molecular weight is 253 g/mol. The molecule has 2 heteroatoms. The Morgan fingerprint density at radius 3 is 2.68 bits per heavy atom. The van der Waals surface area contributed by atoms with Gasteiger partial charge < -0.3 is 4.57 Å². The van der Waals surface area contributed by atoms with Gasteiger partial charge in [0, 0.05) is 12.7 Å². The first-order valence-electron chi connectivity index (χ1n) is 6.59. The number of nitrogens with zero attached hydrogens (tertiary/aromatic N) is 1. The van der Waals surface area contributed by atoms with Crippen LogP contribution in [0.1, 0.15) is 18.1 Å². The van der Waals surface area contributed by atoms with Gasteiger partial charge in [0.25, 0.3) is 0 Å². The van der Waals surface area contributed by atoms with Gasteiger partial charge in [-0.3, -0.25) is 0 Å². The zero-order valence-electron chi connectivity index (χ0n) is 10.9. The first kappa shape index (κ1) is 12.0. The van der Waals surface area contributed by atoms with Gasteiger partial charge in [-0.1, -0.05) is 37.3 Å². The number of hydrogen-bond donors (Lipinski definition) is 0. The van der Waals surface area contributed by atoms with Crippen LogP contribution in [-0.2, 0) is 13.0 Å². The van der Waals surface area contributed by atoms with Crippen LogP contribution in [0.4, 0.5) is 4.39 Å². The van der Waals surface area contributed by atoms with Gasteiger partial charge >= 0.3 is 0 Å². The molecule has 0 spiro atoms. The molecule has 0 atom stereocenters. The maximum atomic E-state index is 13.2. The Kier molecular flexibility index (Phi) is 3.08. The molecular weight excluding hydrogens is 237 g/mol. The van der Waals surface area contributed by atoms with Crippen molar-refractivity contribution in [3.63, 3.8) is 0 Å². The van der Waals surface area contributed by atoms with Crippen LogP contribution in [-0.4, -0.2) is 4.57 Å². The monoisotopic (exact) mass is 253 g/mol. The van der Waals surface area contributed by atoms with E-state index in [-0.39, 0.29) is 5.82 Å². The highest BCUT2D eigenvalue weighted by atomic mass is 19.1. The van der Waals surface area contributed by atoms with E-state index in [2.05, 4.69) is 42.0 Å². The Morgan fingerprint density at radius 2 is 1.89 bits per heavy atom. The van der Waals surface area contributed by atoms with Crippen molar-refractivity contribution in [1.29, 1.82) is 0 Å². The lowest BCUT2D eigenvalue weighted by Crippen LogP contribution is -2.00. The second-order valence-electron chi connectivity index (χ2n) is 4.78. The number of aryl methyl sites for hydroxylation is 1. The molecule has 0 saturated heterocycles. The number of halogens is 1. The first-order chi connectivity index (χ1) is 9.28. The normalized spacial score (nSPS) is 11.1. The van der Waals surface area contributed by atoms with Crippen LogP contribution in [0, 0.1) is 5.82 Å². The molecule has 3 rings (SSSR count). The van der Waals surface area contributed by atoms with Crippen molar-refractivity contribution in [3.05, 3.63) is 71.7 Å². The smallest absolute Gasteiger partial charge is 0.123 e. The van der Waals surface area contributed by atoms with E-state index in [4.69, 9.17) is 0 Å². The molecule has 0 fully saturated rings. The van der Waals surface area contributed by atoms with Gasteiger partial charge in [0.05, 0.1) is 5.52 Å². The zero-order chi connectivity index (χ0) is 13.2. The molecule has 0 bridgehead atoms. The minimum absolute atomic E-state index is 0.176. The standard InChI is InChI=1S/C17H16FN/c1-2-14-6-4-7-15-9-10-19(17(14)15)12-13-5-3-8-16(18)11-13/h3-11H,2,12H2,1H3. The quantitative estimate of drug-likeness (QED) is 0.652. The summed E-state index contributed by atoms with van der Waals surface area (Å²) in [5.74, 6) is -0.176. The van der Waals surface area contributed by atoms with Gasteiger partial charge in [0.1, 0.15) is 5.82 Å². The Labute approximate surface area is 112 Å². The number of para-hydroxylation sites is 1. The van der Waals surface area contributed by atoms with Gasteiger partial charge in [0.2, 0.25) is 0 Å². The average Bonchev–Trinajstić information content (AvgIpc) is 2.82. The summed E-state index contributed by atoms with van der Waals surface area (Å²) in [5, 5.41) is 1.25. The van der Waals surface area contributed by atoms with Crippen LogP contribution < -0.4 is 0 Å². The molecule has 0 aliphatic heterocycles. The third-order valence-corrected chi connectivity index (χ3v) is 3.49. The Morgan fingerprint density at radius 1 is 1.05 bits per heavy atom. The minimum Gasteiger partial charge on any atom is -0.343 e. The summed E-state index contributed by atoms with van der Waals surface area (Å²) in [7, 11) is 0. The van der Waals surface area contributed by atoms with Crippen molar-refractivity contribution >= 4 is 10.9 Å². The van der Waals surface area contributed by atoms with Gasteiger partial charge in [0.15, 0.2) is 0 Å². The number of benzene rings is 2. The lowest BCUT2D eigenvalue weighted by atomic mass is 10.1. The highest BCUT2D eigenvalue weighted by molar-refractivity contribution is 5.83. The van der Waals surface area contributed by atoms with Crippen molar-refractivity contribution in [2.45, 2.75) is 19.9 Å². The lowest BCUT2D eigenvalue weighted by Gasteiger charge is -2.09. The molecule has 0 N–H and O–H groups in total. The molecule has 0 amide bonds. The molecule has 1 nitrogen and oxygen atoms in total.